The van der Waals surface area contributed by atoms with E-state index in [0.717, 1.165) is 29.0 Å². The van der Waals surface area contributed by atoms with E-state index in [2.05, 4.69) is 69.4 Å². The van der Waals surface area contributed by atoms with Gasteiger partial charge in [-0.05, 0) is 56.1 Å². The van der Waals surface area contributed by atoms with Gasteiger partial charge in [-0.1, -0.05) is 28.1 Å². The predicted octanol–water partition coefficient (Wildman–Crippen LogP) is 3.49. The van der Waals surface area contributed by atoms with Crippen LogP contribution >= 0.6 is 15.9 Å². The summed E-state index contributed by atoms with van der Waals surface area (Å²) in [6, 6.07) is 16.4. The Hall–Kier alpha value is -2.17. The van der Waals surface area contributed by atoms with Crippen molar-refractivity contribution in [1.82, 2.24) is 14.7 Å². The Morgan fingerprint density at radius 1 is 1.03 bits per heavy atom. The minimum Gasteiger partial charge on any atom is -0.497 e. The molecule has 194 valence electrons. The number of hydrogen-bond acceptors (Lipinski definition) is 6. The van der Waals surface area contributed by atoms with E-state index in [0.29, 0.717) is 38.3 Å². The maximum Gasteiger partial charge on any atom is 0.321 e. The lowest BCUT2D eigenvalue weighted by Crippen LogP contribution is -2.72. The van der Waals surface area contributed by atoms with Gasteiger partial charge in [-0.15, -0.1) is 0 Å². The first-order valence-corrected chi connectivity index (χ1v) is 13.3. The van der Waals surface area contributed by atoms with Crippen molar-refractivity contribution in [2.24, 2.45) is 0 Å². The molecule has 2 amide bonds. The highest BCUT2D eigenvalue weighted by molar-refractivity contribution is 9.10. The highest BCUT2D eigenvalue weighted by Gasteiger charge is 2.52. The van der Waals surface area contributed by atoms with Crippen LogP contribution in [0, 0.1) is 0 Å². The number of anilines is 1. The van der Waals surface area contributed by atoms with E-state index >= 15 is 0 Å². The topological polar surface area (TPSA) is 66.5 Å². The number of ether oxygens (including phenoxy) is 3. The van der Waals surface area contributed by atoms with Gasteiger partial charge in [0.15, 0.2) is 0 Å². The zero-order chi connectivity index (χ0) is 25.2. The second-order valence-electron chi connectivity index (χ2n) is 10.1. The number of fused-ring (bicyclic) bond motifs is 2. The van der Waals surface area contributed by atoms with E-state index in [1.165, 1.54) is 5.56 Å². The number of carbonyl (C=O) groups excluding carboxylic acids is 1. The normalized spacial score (nSPS) is 28.4. The first kappa shape index (κ1) is 25.5. The van der Waals surface area contributed by atoms with Crippen molar-refractivity contribution in [3.05, 3.63) is 58.6 Å². The molecule has 2 aromatic rings. The van der Waals surface area contributed by atoms with E-state index in [1.807, 2.05) is 29.2 Å². The first-order valence-electron chi connectivity index (χ1n) is 12.5. The highest BCUT2D eigenvalue weighted by atomic mass is 79.9. The van der Waals surface area contributed by atoms with Gasteiger partial charge in [0.25, 0.3) is 0 Å². The summed E-state index contributed by atoms with van der Waals surface area (Å²) < 4.78 is 18.6. The molecule has 3 aliphatic rings. The van der Waals surface area contributed by atoms with E-state index in [-0.39, 0.29) is 24.3 Å². The molecule has 0 radical (unpaired) electrons. The Morgan fingerprint density at radius 2 is 1.69 bits per heavy atom. The van der Waals surface area contributed by atoms with E-state index in [1.54, 1.807) is 7.11 Å². The molecule has 5 atom stereocenters. The maximum atomic E-state index is 13.5. The third kappa shape index (κ3) is 5.40. The van der Waals surface area contributed by atoms with Gasteiger partial charge in [0.1, 0.15) is 11.9 Å². The van der Waals surface area contributed by atoms with E-state index in [9.17, 15) is 4.79 Å². The van der Waals surface area contributed by atoms with Gasteiger partial charge in [-0.25, -0.2) is 4.79 Å². The summed E-state index contributed by atoms with van der Waals surface area (Å²) in [7, 11) is 5.87. The van der Waals surface area contributed by atoms with Crippen molar-refractivity contribution >= 4 is 27.6 Å². The summed E-state index contributed by atoms with van der Waals surface area (Å²) in [5, 5.41) is 3.07. The average Bonchev–Trinajstić information content (AvgIpc) is 2.86. The van der Waals surface area contributed by atoms with Gasteiger partial charge < -0.3 is 29.3 Å². The zero-order valence-corrected chi connectivity index (χ0v) is 22.7. The van der Waals surface area contributed by atoms with Crippen LogP contribution in [0.1, 0.15) is 11.5 Å². The van der Waals surface area contributed by atoms with Crippen LogP contribution in [0.4, 0.5) is 10.5 Å². The second-order valence-corrected chi connectivity index (χ2v) is 11.0. The van der Waals surface area contributed by atoms with Crippen LogP contribution in [0.25, 0.3) is 0 Å². The van der Waals surface area contributed by atoms with Crippen molar-refractivity contribution < 1.29 is 19.0 Å². The fraction of sp³-hybridized carbons (Fsp3) is 0.519. The molecule has 3 heterocycles. The molecule has 5 rings (SSSR count). The first-order chi connectivity index (χ1) is 17.4. The summed E-state index contributed by atoms with van der Waals surface area (Å²) in [5.74, 6) is 1.07. The third-order valence-electron chi connectivity index (χ3n) is 7.48. The lowest BCUT2D eigenvalue weighted by Gasteiger charge is -2.59. The van der Waals surface area contributed by atoms with Gasteiger partial charge in [-0.3, -0.25) is 4.90 Å². The standard InChI is InChI=1S/C27H35BrN4O4/c1-30(2)14-22-26(18-4-6-19(28)7-5-18)23-15-31(16-24-25(17-32(22)23)36-13-12-35-24)27(33)29-20-8-10-21(34-3)11-9-20/h4-11,22-26H,12-17H2,1-3H3,(H,29,33)/t22-,23+,24-,25+,26+/m1/s1. The Kier molecular flexibility index (Phi) is 7.83. The Morgan fingerprint density at radius 3 is 2.33 bits per heavy atom. The molecule has 3 saturated heterocycles. The van der Waals surface area contributed by atoms with Gasteiger partial charge in [0.2, 0.25) is 0 Å². The highest BCUT2D eigenvalue weighted by Crippen LogP contribution is 2.43. The van der Waals surface area contributed by atoms with Crippen LogP contribution in [-0.4, -0.2) is 106 Å². The van der Waals surface area contributed by atoms with Crippen molar-refractivity contribution in [1.29, 1.82) is 0 Å². The molecule has 2 aromatic carbocycles. The van der Waals surface area contributed by atoms with Crippen molar-refractivity contribution in [2.45, 2.75) is 30.2 Å². The number of hydrogen-bond donors (Lipinski definition) is 1. The lowest BCUT2D eigenvalue weighted by molar-refractivity contribution is -0.180. The number of nitrogens with zero attached hydrogens (tertiary/aromatic N) is 3. The number of nitrogens with one attached hydrogen (secondary N) is 1. The molecule has 36 heavy (non-hydrogen) atoms. The monoisotopic (exact) mass is 558 g/mol. The van der Waals surface area contributed by atoms with E-state index in [4.69, 9.17) is 14.2 Å². The molecule has 0 aromatic heterocycles. The molecule has 0 spiro atoms. The van der Waals surface area contributed by atoms with Crippen LogP contribution in [0.3, 0.4) is 0 Å². The number of likely N-dealkylation sites (N-methyl/N-ethyl adjacent to an activating group) is 1. The smallest absolute Gasteiger partial charge is 0.321 e. The Balaban J connectivity index is 1.42. The van der Waals surface area contributed by atoms with Crippen LogP contribution in [-0.2, 0) is 9.47 Å². The van der Waals surface area contributed by atoms with Crippen molar-refractivity contribution in [3.63, 3.8) is 0 Å². The number of urea groups is 1. The summed E-state index contributed by atoms with van der Waals surface area (Å²) in [4.78, 5) is 20.2. The molecule has 0 bridgehead atoms. The van der Waals surface area contributed by atoms with E-state index < -0.39 is 0 Å². The number of methoxy groups -OCH3 is 1. The number of carbonyl (C=O) groups is 1. The summed E-state index contributed by atoms with van der Waals surface area (Å²) >= 11 is 3.57. The number of benzene rings is 2. The predicted molar refractivity (Wildman–Crippen MR) is 143 cm³/mol. The second kappa shape index (κ2) is 11.1. The van der Waals surface area contributed by atoms with Gasteiger partial charge in [0.05, 0.1) is 33.0 Å². The van der Waals surface area contributed by atoms with Crippen molar-refractivity contribution in [2.75, 3.05) is 65.9 Å². The average molecular weight is 560 g/mol. The lowest BCUT2D eigenvalue weighted by atomic mass is 9.73. The van der Waals surface area contributed by atoms with Gasteiger partial charge in [0, 0.05) is 47.8 Å². The van der Waals surface area contributed by atoms with Crippen LogP contribution < -0.4 is 10.1 Å². The fourth-order valence-electron chi connectivity index (χ4n) is 5.75. The minimum absolute atomic E-state index is 0.0617. The fourth-order valence-corrected chi connectivity index (χ4v) is 6.01. The van der Waals surface area contributed by atoms with Gasteiger partial charge >= 0.3 is 6.03 Å². The largest absolute Gasteiger partial charge is 0.497 e. The number of rotatable bonds is 5. The maximum absolute atomic E-state index is 13.5. The molecule has 0 aliphatic carbocycles. The molecule has 9 heteroatoms. The molecule has 1 N–H and O–H groups in total. The molecule has 3 aliphatic heterocycles. The summed E-state index contributed by atoms with van der Waals surface area (Å²) in [6.07, 6.45) is -0.207. The number of amides is 2. The molecular formula is C27H35BrN4O4. The molecule has 0 saturated carbocycles. The molecule has 8 nitrogen and oxygen atoms in total. The summed E-state index contributed by atoms with van der Waals surface area (Å²) in [6.45, 7) is 4.03. The molecular weight excluding hydrogens is 524 g/mol. The minimum atomic E-state index is -0.145. The molecule has 0 unspecified atom stereocenters. The van der Waals surface area contributed by atoms with Crippen LogP contribution in [0.15, 0.2) is 53.0 Å². The van der Waals surface area contributed by atoms with Crippen molar-refractivity contribution in [3.8, 4) is 5.75 Å². The molecule has 3 fully saturated rings. The Labute approximate surface area is 221 Å². The van der Waals surface area contributed by atoms with Gasteiger partial charge in [-0.2, -0.15) is 0 Å². The zero-order valence-electron chi connectivity index (χ0n) is 21.1. The third-order valence-corrected chi connectivity index (χ3v) is 8.01. The summed E-state index contributed by atoms with van der Waals surface area (Å²) in [5.41, 5.74) is 2.04. The van der Waals surface area contributed by atoms with Crippen LogP contribution in [0.5, 0.6) is 5.75 Å². The van der Waals surface area contributed by atoms with Crippen LogP contribution in [0.2, 0.25) is 0 Å². The Bertz CT molecular complexity index is 1040. The quantitative estimate of drug-likeness (QED) is 0.606. The number of halogens is 1. The SMILES string of the molecule is COc1ccc(NC(=O)N2C[C@H]3OCCO[C@H]3CN3[C@H](CN(C)C)[C@H](c4ccc(Br)cc4)[C@@H]3C2)cc1.